The van der Waals surface area contributed by atoms with E-state index in [-0.39, 0.29) is 0 Å². The molecule has 0 atom stereocenters. The first-order valence-corrected chi connectivity index (χ1v) is 19.5. The second kappa shape index (κ2) is 16.6. The molecule has 0 radical (unpaired) electrons. The fourth-order valence-corrected chi connectivity index (χ4v) is 10.3. The highest BCUT2D eigenvalue weighted by atomic mass is 32.2. The van der Waals surface area contributed by atoms with Gasteiger partial charge in [-0.3, -0.25) is 4.90 Å². The summed E-state index contributed by atoms with van der Waals surface area (Å²) in [5.74, 6) is 0.804. The fourth-order valence-electron chi connectivity index (χ4n) is 7.63. The molecule has 0 spiro atoms. The van der Waals surface area contributed by atoms with Crippen molar-refractivity contribution in [2.45, 2.75) is 88.0 Å². The third-order valence-corrected chi connectivity index (χ3v) is 13.3. The van der Waals surface area contributed by atoms with E-state index in [2.05, 4.69) is 57.4 Å². The fraction of sp³-hybridized carbons (Fsp3) is 0.818. The van der Waals surface area contributed by atoms with Crippen LogP contribution >= 0.6 is 11.9 Å². The van der Waals surface area contributed by atoms with E-state index in [1.165, 1.54) is 74.9 Å². The minimum atomic E-state index is -3.46. The number of rotatable bonds is 8. The molecule has 2 saturated heterocycles. The van der Waals surface area contributed by atoms with E-state index < -0.39 is 10.2 Å². The molecule has 10 heteroatoms. The highest BCUT2D eigenvalue weighted by Crippen LogP contribution is 2.28. The van der Waals surface area contributed by atoms with Crippen LogP contribution < -0.4 is 4.90 Å². The van der Waals surface area contributed by atoms with Crippen molar-refractivity contribution in [2.75, 3.05) is 91.0 Å². The van der Waals surface area contributed by atoms with Gasteiger partial charge in [0, 0.05) is 89.6 Å². The molecule has 2 aliphatic carbocycles. The summed E-state index contributed by atoms with van der Waals surface area (Å²) in [6, 6.07) is 9.47. The average molecular weight is 635 g/mol. The molecule has 0 amide bonds. The van der Waals surface area contributed by atoms with E-state index in [0.29, 0.717) is 32.2 Å². The van der Waals surface area contributed by atoms with Crippen LogP contribution in [0.3, 0.4) is 0 Å². The summed E-state index contributed by atoms with van der Waals surface area (Å²) in [5, 5.41) is 0. The third-order valence-electron chi connectivity index (χ3n) is 10.2. The van der Waals surface area contributed by atoms with Gasteiger partial charge in [0.05, 0.1) is 0 Å². The van der Waals surface area contributed by atoms with Crippen molar-refractivity contribution in [1.82, 2.24) is 22.7 Å². The van der Waals surface area contributed by atoms with E-state index in [9.17, 15) is 8.42 Å². The number of piperazine rings is 1. The van der Waals surface area contributed by atoms with Crippen LogP contribution in [0.15, 0.2) is 29.2 Å². The normalized spacial score (nSPS) is 25.0. The largest absolute Gasteiger partial charge is 0.378 e. The van der Waals surface area contributed by atoms with Crippen molar-refractivity contribution < 1.29 is 8.42 Å². The highest BCUT2D eigenvalue weighted by Gasteiger charge is 2.34. The van der Waals surface area contributed by atoms with Crippen molar-refractivity contribution in [2.24, 2.45) is 5.92 Å². The Labute approximate surface area is 267 Å². The van der Waals surface area contributed by atoms with Crippen LogP contribution in [0.5, 0.6) is 0 Å². The Balaban J connectivity index is 1.24. The minimum absolute atomic E-state index is 0.602. The van der Waals surface area contributed by atoms with E-state index in [1.54, 1.807) is 4.31 Å². The Kier molecular flexibility index (Phi) is 12.9. The monoisotopic (exact) mass is 634 g/mol. The average Bonchev–Trinajstić information content (AvgIpc) is 3.55. The van der Waals surface area contributed by atoms with Gasteiger partial charge in [0.1, 0.15) is 0 Å². The van der Waals surface area contributed by atoms with Gasteiger partial charge in [-0.05, 0) is 100 Å². The van der Waals surface area contributed by atoms with Gasteiger partial charge in [-0.2, -0.15) is 17.0 Å². The van der Waals surface area contributed by atoms with Crippen LogP contribution in [-0.4, -0.2) is 123 Å². The van der Waals surface area contributed by atoms with Crippen LogP contribution in [0.1, 0.15) is 77.0 Å². The summed E-state index contributed by atoms with van der Waals surface area (Å²) in [4.78, 5) is 8.60. The van der Waals surface area contributed by atoms with Crippen molar-refractivity contribution in [3.05, 3.63) is 24.3 Å². The first-order chi connectivity index (χ1) is 20.9. The summed E-state index contributed by atoms with van der Waals surface area (Å²) >= 11 is 1.83. The van der Waals surface area contributed by atoms with Crippen molar-refractivity contribution >= 4 is 27.8 Å². The van der Waals surface area contributed by atoms with Crippen LogP contribution in [0.25, 0.3) is 0 Å². The lowest BCUT2D eigenvalue weighted by atomic mass is 9.89. The third kappa shape index (κ3) is 9.80. The van der Waals surface area contributed by atoms with E-state index in [4.69, 9.17) is 0 Å². The lowest BCUT2D eigenvalue weighted by molar-refractivity contribution is 0.134. The van der Waals surface area contributed by atoms with Gasteiger partial charge in [0.2, 0.25) is 0 Å². The molecule has 244 valence electrons. The molecule has 0 bridgehead atoms. The van der Waals surface area contributed by atoms with Gasteiger partial charge < -0.3 is 9.80 Å². The molecule has 0 unspecified atom stereocenters. The topological polar surface area (TPSA) is 53.6 Å². The Bertz CT molecular complexity index is 1050. The van der Waals surface area contributed by atoms with Crippen LogP contribution in [0, 0.1) is 5.92 Å². The minimum Gasteiger partial charge on any atom is -0.378 e. The highest BCUT2D eigenvalue weighted by molar-refractivity contribution is 7.97. The predicted molar refractivity (Wildman–Crippen MR) is 181 cm³/mol. The Morgan fingerprint density at radius 1 is 0.674 bits per heavy atom. The maximum Gasteiger partial charge on any atom is 0.282 e. The molecule has 0 N–H and O–H groups in total. The van der Waals surface area contributed by atoms with Crippen LogP contribution in [0.4, 0.5) is 5.69 Å². The zero-order valence-corrected chi connectivity index (χ0v) is 28.7. The lowest BCUT2D eigenvalue weighted by Crippen LogP contribution is -2.55. The molecular weight excluding hydrogens is 577 g/mol. The summed E-state index contributed by atoms with van der Waals surface area (Å²) in [6.07, 6.45) is 15.0. The number of nitrogens with zero attached hydrogens (tertiary/aromatic N) is 6. The number of hydrogen-bond acceptors (Lipinski definition) is 7. The molecule has 8 nitrogen and oxygen atoms in total. The van der Waals surface area contributed by atoms with E-state index >= 15 is 0 Å². The van der Waals surface area contributed by atoms with Gasteiger partial charge in [0.25, 0.3) is 10.2 Å². The van der Waals surface area contributed by atoms with E-state index in [0.717, 1.165) is 64.4 Å². The van der Waals surface area contributed by atoms with Gasteiger partial charge in [0.15, 0.2) is 0 Å². The van der Waals surface area contributed by atoms with Crippen molar-refractivity contribution in [3.8, 4) is 0 Å². The molecule has 2 heterocycles. The SMILES string of the molecule is CN(C)c1ccc(SN2CCCN(CC3CCCCC3)CCCN(S(=O)(=O)N3CCN(C4CCCC4)CC3)CCC2)cc1. The summed E-state index contributed by atoms with van der Waals surface area (Å²) in [6.45, 7) is 9.45. The Hall–Kier alpha value is -0.880. The smallest absolute Gasteiger partial charge is 0.282 e. The first-order valence-electron chi connectivity index (χ1n) is 17.3. The summed E-state index contributed by atoms with van der Waals surface area (Å²) in [5.41, 5.74) is 1.21. The number of anilines is 1. The second-order valence-electron chi connectivity index (χ2n) is 13.6. The zero-order chi connectivity index (χ0) is 30.1. The maximum atomic E-state index is 14.0. The number of hydrogen-bond donors (Lipinski definition) is 0. The van der Waals surface area contributed by atoms with Gasteiger partial charge in [-0.1, -0.05) is 32.1 Å². The van der Waals surface area contributed by atoms with Crippen LogP contribution in [0.2, 0.25) is 0 Å². The standard InChI is InChI=1S/C33H58N6O2S2/c1-34(2)31-15-17-33(18-16-31)42-37-21-8-19-35(29-30-11-4-3-5-12-30)20-9-23-38(24-10-22-37)43(40,41)39-27-25-36(26-28-39)32-13-6-7-14-32/h15-18,30,32H,3-14,19-29H2,1-2H3. The van der Waals surface area contributed by atoms with Crippen LogP contribution in [-0.2, 0) is 10.2 Å². The van der Waals surface area contributed by atoms with Gasteiger partial charge in [-0.15, -0.1) is 0 Å². The van der Waals surface area contributed by atoms with Gasteiger partial charge >= 0.3 is 0 Å². The predicted octanol–water partition coefficient (Wildman–Crippen LogP) is 5.23. The molecular formula is C33H58N6O2S2. The Morgan fingerprint density at radius 3 is 1.86 bits per heavy atom. The van der Waals surface area contributed by atoms with E-state index in [1.807, 2.05) is 16.3 Å². The Morgan fingerprint density at radius 2 is 1.23 bits per heavy atom. The molecule has 4 aliphatic rings. The number of benzene rings is 1. The molecule has 0 aromatic heterocycles. The van der Waals surface area contributed by atoms with Gasteiger partial charge in [-0.25, -0.2) is 4.31 Å². The first kappa shape index (κ1) is 33.5. The summed E-state index contributed by atoms with van der Waals surface area (Å²) < 4.78 is 34.2. The lowest BCUT2D eigenvalue weighted by Gasteiger charge is -2.39. The quantitative estimate of drug-likeness (QED) is 0.363. The molecule has 5 rings (SSSR count). The summed E-state index contributed by atoms with van der Waals surface area (Å²) in [7, 11) is 0.689. The molecule has 43 heavy (non-hydrogen) atoms. The van der Waals surface area contributed by atoms with Crippen molar-refractivity contribution in [1.29, 1.82) is 0 Å². The molecule has 4 fully saturated rings. The second-order valence-corrected chi connectivity index (χ2v) is 16.7. The van der Waals surface area contributed by atoms with Crippen molar-refractivity contribution in [3.63, 3.8) is 0 Å². The molecule has 1 aromatic rings. The molecule has 2 aliphatic heterocycles. The molecule has 1 aromatic carbocycles. The molecule has 2 saturated carbocycles. The zero-order valence-electron chi connectivity index (χ0n) is 27.0. The maximum absolute atomic E-state index is 14.0.